The Hall–Kier alpha value is -1.70. The SMILES string of the molecule is C#CCC(C)NC(=O)NCCC(C)CCC(=O)O. The second-order valence-corrected chi connectivity index (χ2v) is 4.54. The van der Waals surface area contributed by atoms with Gasteiger partial charge in [0.15, 0.2) is 0 Å². The van der Waals surface area contributed by atoms with E-state index in [9.17, 15) is 9.59 Å². The first-order valence-electron chi connectivity index (χ1n) is 6.15. The molecule has 2 atom stereocenters. The molecular formula is C13H22N2O3. The van der Waals surface area contributed by atoms with E-state index in [1.54, 1.807) is 0 Å². The van der Waals surface area contributed by atoms with Crippen LogP contribution >= 0.6 is 0 Å². The van der Waals surface area contributed by atoms with Crippen LogP contribution in [0, 0.1) is 18.3 Å². The number of nitrogens with one attached hydrogen (secondary N) is 2. The molecule has 102 valence electrons. The number of carbonyl (C=O) groups is 2. The zero-order valence-corrected chi connectivity index (χ0v) is 11.0. The van der Waals surface area contributed by atoms with Crippen molar-refractivity contribution in [3.8, 4) is 12.3 Å². The lowest BCUT2D eigenvalue weighted by Gasteiger charge is -2.14. The van der Waals surface area contributed by atoms with E-state index in [-0.39, 0.29) is 24.4 Å². The van der Waals surface area contributed by atoms with Gasteiger partial charge in [-0.2, -0.15) is 0 Å². The minimum absolute atomic E-state index is 0.0422. The first-order chi connectivity index (χ1) is 8.45. The number of carboxylic acid groups (broad SMARTS) is 1. The number of terminal acetylenes is 1. The molecule has 0 saturated carbocycles. The highest BCUT2D eigenvalue weighted by Crippen LogP contribution is 2.08. The molecule has 0 aliphatic rings. The molecule has 0 aliphatic carbocycles. The molecule has 0 aliphatic heterocycles. The van der Waals surface area contributed by atoms with Crippen LogP contribution in [0.3, 0.4) is 0 Å². The van der Waals surface area contributed by atoms with Crippen LogP contribution < -0.4 is 10.6 Å². The number of aliphatic carboxylic acids is 1. The Morgan fingerprint density at radius 2 is 2.00 bits per heavy atom. The molecule has 0 saturated heterocycles. The maximum Gasteiger partial charge on any atom is 0.315 e. The summed E-state index contributed by atoms with van der Waals surface area (Å²) in [4.78, 5) is 21.8. The van der Waals surface area contributed by atoms with Crippen molar-refractivity contribution in [3.63, 3.8) is 0 Å². The summed E-state index contributed by atoms with van der Waals surface area (Å²) in [6.07, 6.45) is 7.21. The highest BCUT2D eigenvalue weighted by molar-refractivity contribution is 5.74. The van der Waals surface area contributed by atoms with Crippen LogP contribution in [0.2, 0.25) is 0 Å². The first-order valence-corrected chi connectivity index (χ1v) is 6.15. The molecule has 0 aromatic carbocycles. The van der Waals surface area contributed by atoms with Crippen molar-refractivity contribution < 1.29 is 14.7 Å². The Labute approximate surface area is 108 Å². The van der Waals surface area contributed by atoms with Crippen LogP contribution in [0.1, 0.15) is 39.5 Å². The van der Waals surface area contributed by atoms with E-state index in [4.69, 9.17) is 11.5 Å². The molecule has 0 fully saturated rings. The van der Waals surface area contributed by atoms with Gasteiger partial charge in [0.1, 0.15) is 0 Å². The average molecular weight is 254 g/mol. The quantitative estimate of drug-likeness (QED) is 0.575. The molecule has 0 aromatic heterocycles. The van der Waals surface area contributed by atoms with Crippen LogP contribution in [0.4, 0.5) is 4.79 Å². The first kappa shape index (κ1) is 16.3. The van der Waals surface area contributed by atoms with E-state index in [1.807, 2.05) is 13.8 Å². The molecule has 0 heterocycles. The number of hydrogen-bond donors (Lipinski definition) is 3. The Morgan fingerprint density at radius 3 is 2.56 bits per heavy atom. The standard InChI is InChI=1S/C13H22N2O3/c1-4-5-11(3)15-13(18)14-9-8-10(2)6-7-12(16)17/h1,10-11H,5-9H2,2-3H3,(H,16,17)(H2,14,15,18). The van der Waals surface area contributed by atoms with Gasteiger partial charge in [0, 0.05) is 25.4 Å². The van der Waals surface area contributed by atoms with E-state index in [0.29, 0.717) is 19.4 Å². The average Bonchev–Trinajstić information content (AvgIpc) is 2.26. The molecule has 18 heavy (non-hydrogen) atoms. The van der Waals surface area contributed by atoms with Crippen molar-refractivity contribution in [1.29, 1.82) is 0 Å². The predicted molar refractivity (Wildman–Crippen MR) is 70.1 cm³/mol. The third-order valence-electron chi connectivity index (χ3n) is 2.58. The number of hydrogen-bond acceptors (Lipinski definition) is 2. The van der Waals surface area contributed by atoms with Gasteiger partial charge in [-0.25, -0.2) is 4.79 Å². The van der Waals surface area contributed by atoms with Gasteiger partial charge in [0.2, 0.25) is 0 Å². The van der Waals surface area contributed by atoms with E-state index in [2.05, 4.69) is 16.6 Å². The molecule has 0 radical (unpaired) electrons. The van der Waals surface area contributed by atoms with Crippen molar-refractivity contribution in [2.45, 2.75) is 45.6 Å². The van der Waals surface area contributed by atoms with E-state index >= 15 is 0 Å². The van der Waals surface area contributed by atoms with Crippen LogP contribution in [0.15, 0.2) is 0 Å². The third-order valence-corrected chi connectivity index (χ3v) is 2.58. The van der Waals surface area contributed by atoms with Crippen molar-refractivity contribution in [2.24, 2.45) is 5.92 Å². The molecule has 0 rings (SSSR count). The molecule has 0 aromatic rings. The van der Waals surface area contributed by atoms with Crippen molar-refractivity contribution in [3.05, 3.63) is 0 Å². The van der Waals surface area contributed by atoms with Crippen LogP contribution in [0.5, 0.6) is 0 Å². The molecule has 0 bridgehead atoms. The fourth-order valence-electron chi connectivity index (χ4n) is 1.45. The van der Waals surface area contributed by atoms with Crippen LogP contribution in [-0.2, 0) is 4.79 Å². The second kappa shape index (κ2) is 9.34. The topological polar surface area (TPSA) is 78.4 Å². The summed E-state index contributed by atoms with van der Waals surface area (Å²) >= 11 is 0. The lowest BCUT2D eigenvalue weighted by molar-refractivity contribution is -0.137. The lowest BCUT2D eigenvalue weighted by Crippen LogP contribution is -2.41. The number of urea groups is 1. The Bertz CT molecular complexity index is 310. The van der Waals surface area contributed by atoms with Crippen LogP contribution in [-0.4, -0.2) is 29.7 Å². The molecule has 5 nitrogen and oxygen atoms in total. The minimum atomic E-state index is -0.782. The smallest absolute Gasteiger partial charge is 0.315 e. The molecule has 3 N–H and O–H groups in total. The Morgan fingerprint density at radius 1 is 1.33 bits per heavy atom. The number of amides is 2. The van der Waals surface area contributed by atoms with Crippen molar-refractivity contribution in [2.75, 3.05) is 6.54 Å². The lowest BCUT2D eigenvalue weighted by atomic mass is 10.0. The van der Waals surface area contributed by atoms with Crippen molar-refractivity contribution in [1.82, 2.24) is 10.6 Å². The maximum atomic E-state index is 11.4. The van der Waals surface area contributed by atoms with Crippen LogP contribution in [0.25, 0.3) is 0 Å². The normalized spacial score (nSPS) is 13.2. The van der Waals surface area contributed by atoms with Gasteiger partial charge >= 0.3 is 12.0 Å². The fourth-order valence-corrected chi connectivity index (χ4v) is 1.45. The predicted octanol–water partition coefficient (Wildman–Crippen LogP) is 1.59. The van der Waals surface area contributed by atoms with Gasteiger partial charge < -0.3 is 15.7 Å². The third kappa shape index (κ3) is 9.52. The molecule has 2 unspecified atom stereocenters. The van der Waals surface area contributed by atoms with E-state index < -0.39 is 5.97 Å². The highest BCUT2D eigenvalue weighted by Gasteiger charge is 2.08. The number of carboxylic acids is 1. The Kier molecular flexibility index (Phi) is 8.46. The summed E-state index contributed by atoms with van der Waals surface area (Å²) in [6.45, 7) is 4.35. The molecular weight excluding hydrogens is 232 g/mol. The van der Waals surface area contributed by atoms with Gasteiger partial charge in [-0.3, -0.25) is 4.79 Å². The minimum Gasteiger partial charge on any atom is -0.481 e. The van der Waals surface area contributed by atoms with E-state index in [1.165, 1.54) is 0 Å². The number of carbonyl (C=O) groups excluding carboxylic acids is 1. The second-order valence-electron chi connectivity index (χ2n) is 4.54. The summed E-state index contributed by atoms with van der Waals surface area (Å²) in [5, 5.41) is 14.0. The summed E-state index contributed by atoms with van der Waals surface area (Å²) in [7, 11) is 0. The molecule has 0 spiro atoms. The zero-order valence-electron chi connectivity index (χ0n) is 11.0. The van der Waals surface area contributed by atoms with Crippen molar-refractivity contribution >= 4 is 12.0 Å². The highest BCUT2D eigenvalue weighted by atomic mass is 16.4. The summed E-state index contributed by atoms with van der Waals surface area (Å²) in [6, 6.07) is -0.275. The van der Waals surface area contributed by atoms with Gasteiger partial charge in [-0.05, 0) is 25.7 Å². The maximum absolute atomic E-state index is 11.4. The zero-order chi connectivity index (χ0) is 14.0. The summed E-state index contributed by atoms with van der Waals surface area (Å²) in [5.74, 6) is 1.98. The van der Waals surface area contributed by atoms with E-state index in [0.717, 1.165) is 6.42 Å². The summed E-state index contributed by atoms with van der Waals surface area (Å²) in [5.41, 5.74) is 0. The molecule has 5 heteroatoms. The van der Waals surface area contributed by atoms with Gasteiger partial charge in [-0.15, -0.1) is 12.3 Å². The monoisotopic (exact) mass is 254 g/mol. The van der Waals surface area contributed by atoms with Gasteiger partial charge in [-0.1, -0.05) is 6.92 Å². The van der Waals surface area contributed by atoms with Gasteiger partial charge in [0.25, 0.3) is 0 Å². The summed E-state index contributed by atoms with van der Waals surface area (Å²) < 4.78 is 0. The Balaban J connectivity index is 3.61. The van der Waals surface area contributed by atoms with Gasteiger partial charge in [0.05, 0.1) is 0 Å². The fraction of sp³-hybridized carbons (Fsp3) is 0.692. The number of rotatable bonds is 8. The largest absolute Gasteiger partial charge is 0.481 e. The molecule has 2 amide bonds.